The maximum Gasteiger partial charge on any atom is 0.240 e. The molecule has 0 bridgehead atoms. The van der Waals surface area contributed by atoms with Crippen LogP contribution in [-0.2, 0) is 16.4 Å². The van der Waals surface area contributed by atoms with Crippen molar-refractivity contribution in [1.29, 1.82) is 0 Å². The van der Waals surface area contributed by atoms with Crippen molar-refractivity contribution in [3.05, 3.63) is 53.9 Å². The van der Waals surface area contributed by atoms with Crippen LogP contribution >= 0.6 is 0 Å². The summed E-state index contributed by atoms with van der Waals surface area (Å²) < 4.78 is 27.0. The van der Waals surface area contributed by atoms with Gasteiger partial charge < -0.3 is 5.73 Å². The molecule has 0 aliphatic carbocycles. The lowest BCUT2D eigenvalue weighted by molar-refractivity contribution is 0.581. The number of nitrogens with two attached hydrogens (primary N) is 1. The van der Waals surface area contributed by atoms with E-state index in [1.165, 1.54) is 6.07 Å². The molecule has 1 heterocycles. The zero-order chi connectivity index (χ0) is 14.6. The van der Waals surface area contributed by atoms with Crippen molar-refractivity contribution in [2.24, 2.45) is 0 Å². The van der Waals surface area contributed by atoms with Crippen LogP contribution in [0.2, 0.25) is 0 Å². The van der Waals surface area contributed by atoms with Crippen LogP contribution in [0.1, 0.15) is 11.1 Å². The maximum atomic E-state index is 12.2. The van der Waals surface area contributed by atoms with Gasteiger partial charge in [0.15, 0.2) is 0 Å². The van der Waals surface area contributed by atoms with Crippen LogP contribution in [0.15, 0.2) is 47.6 Å². The van der Waals surface area contributed by atoms with Gasteiger partial charge in [-0.25, -0.2) is 13.1 Å². The third kappa shape index (κ3) is 3.55. The summed E-state index contributed by atoms with van der Waals surface area (Å²) in [4.78, 5) is 4.15. The SMILES string of the molecule is Cc1ccc(N)cc1S(=O)(=O)NCCc1ccncc1. The molecule has 0 amide bonds. The average molecular weight is 291 g/mol. The van der Waals surface area contributed by atoms with E-state index in [1.807, 2.05) is 12.1 Å². The number of benzene rings is 1. The Kier molecular flexibility index (Phi) is 4.36. The fourth-order valence-electron chi connectivity index (χ4n) is 1.86. The van der Waals surface area contributed by atoms with Gasteiger partial charge in [0.05, 0.1) is 4.90 Å². The fourth-order valence-corrected chi connectivity index (χ4v) is 3.17. The second-order valence-corrected chi connectivity index (χ2v) is 6.26. The van der Waals surface area contributed by atoms with E-state index in [0.717, 1.165) is 5.56 Å². The van der Waals surface area contributed by atoms with Gasteiger partial charge in [-0.15, -0.1) is 0 Å². The summed E-state index contributed by atoms with van der Waals surface area (Å²) in [6.45, 7) is 2.08. The van der Waals surface area contributed by atoms with Crippen molar-refractivity contribution in [3.8, 4) is 0 Å². The molecule has 2 rings (SSSR count). The highest BCUT2D eigenvalue weighted by Crippen LogP contribution is 2.17. The molecule has 3 N–H and O–H groups in total. The molecule has 0 aliphatic heterocycles. The molecular formula is C14H17N3O2S. The summed E-state index contributed by atoms with van der Waals surface area (Å²) in [6, 6.07) is 8.59. The standard InChI is InChI=1S/C14H17N3O2S/c1-11-2-3-13(15)10-14(11)20(18,19)17-9-6-12-4-7-16-8-5-12/h2-5,7-8,10,17H,6,9,15H2,1H3. The number of aromatic nitrogens is 1. The largest absolute Gasteiger partial charge is 0.399 e. The van der Waals surface area contributed by atoms with Crippen LogP contribution in [0.3, 0.4) is 0 Å². The number of nitrogens with zero attached hydrogens (tertiary/aromatic N) is 1. The Labute approximate surface area is 118 Å². The average Bonchev–Trinajstić information content (AvgIpc) is 2.42. The van der Waals surface area contributed by atoms with Crippen LogP contribution in [0.4, 0.5) is 5.69 Å². The number of sulfonamides is 1. The van der Waals surface area contributed by atoms with E-state index in [4.69, 9.17) is 5.73 Å². The Bertz CT molecular complexity index is 685. The minimum atomic E-state index is -3.53. The van der Waals surface area contributed by atoms with Crippen molar-refractivity contribution >= 4 is 15.7 Å². The van der Waals surface area contributed by atoms with Crippen molar-refractivity contribution in [2.75, 3.05) is 12.3 Å². The zero-order valence-electron chi connectivity index (χ0n) is 11.2. The van der Waals surface area contributed by atoms with E-state index in [2.05, 4.69) is 9.71 Å². The minimum absolute atomic E-state index is 0.229. The van der Waals surface area contributed by atoms with Gasteiger partial charge in [0.25, 0.3) is 0 Å². The smallest absolute Gasteiger partial charge is 0.240 e. The van der Waals surface area contributed by atoms with Crippen LogP contribution < -0.4 is 10.5 Å². The molecule has 0 unspecified atom stereocenters. The van der Waals surface area contributed by atoms with Gasteiger partial charge in [0.2, 0.25) is 10.0 Å². The molecule has 0 spiro atoms. The Morgan fingerprint density at radius 3 is 2.60 bits per heavy atom. The van der Waals surface area contributed by atoms with E-state index in [0.29, 0.717) is 24.2 Å². The molecule has 20 heavy (non-hydrogen) atoms. The van der Waals surface area contributed by atoms with Crippen molar-refractivity contribution in [1.82, 2.24) is 9.71 Å². The predicted octanol–water partition coefficient (Wildman–Crippen LogP) is 1.49. The van der Waals surface area contributed by atoms with E-state index >= 15 is 0 Å². The van der Waals surface area contributed by atoms with Crippen LogP contribution in [0.25, 0.3) is 0 Å². The molecule has 6 heteroatoms. The second-order valence-electron chi connectivity index (χ2n) is 4.53. The molecule has 0 fully saturated rings. The first kappa shape index (κ1) is 14.5. The number of anilines is 1. The number of hydrogen-bond donors (Lipinski definition) is 2. The molecule has 1 aromatic carbocycles. The number of nitrogens with one attached hydrogen (secondary N) is 1. The van der Waals surface area contributed by atoms with Crippen LogP contribution in [-0.4, -0.2) is 19.9 Å². The Hall–Kier alpha value is -1.92. The highest BCUT2D eigenvalue weighted by molar-refractivity contribution is 7.89. The third-order valence-electron chi connectivity index (χ3n) is 2.96. The molecule has 5 nitrogen and oxygen atoms in total. The highest BCUT2D eigenvalue weighted by Gasteiger charge is 2.16. The van der Waals surface area contributed by atoms with Gasteiger partial charge in [0, 0.05) is 24.6 Å². The monoisotopic (exact) mass is 291 g/mol. The summed E-state index contributed by atoms with van der Waals surface area (Å²) in [5, 5.41) is 0. The summed E-state index contributed by atoms with van der Waals surface area (Å²) in [6.07, 6.45) is 3.99. The normalized spacial score (nSPS) is 11.4. The fraction of sp³-hybridized carbons (Fsp3) is 0.214. The first-order valence-electron chi connectivity index (χ1n) is 6.24. The Morgan fingerprint density at radius 2 is 1.90 bits per heavy atom. The first-order chi connectivity index (χ1) is 9.49. The molecule has 2 aromatic rings. The number of hydrogen-bond acceptors (Lipinski definition) is 4. The Morgan fingerprint density at radius 1 is 1.20 bits per heavy atom. The third-order valence-corrected chi connectivity index (χ3v) is 4.56. The van der Waals surface area contributed by atoms with Crippen molar-refractivity contribution in [2.45, 2.75) is 18.2 Å². The lowest BCUT2D eigenvalue weighted by atomic mass is 10.2. The van der Waals surface area contributed by atoms with Gasteiger partial charge in [0.1, 0.15) is 0 Å². The number of aryl methyl sites for hydroxylation is 1. The highest BCUT2D eigenvalue weighted by atomic mass is 32.2. The zero-order valence-corrected chi connectivity index (χ0v) is 12.0. The number of nitrogen functional groups attached to an aromatic ring is 1. The quantitative estimate of drug-likeness (QED) is 0.817. The van der Waals surface area contributed by atoms with E-state index < -0.39 is 10.0 Å². The van der Waals surface area contributed by atoms with Crippen molar-refractivity contribution in [3.63, 3.8) is 0 Å². The first-order valence-corrected chi connectivity index (χ1v) is 7.72. The molecule has 0 radical (unpaired) electrons. The van der Waals surface area contributed by atoms with Crippen LogP contribution in [0.5, 0.6) is 0 Å². The molecule has 1 aromatic heterocycles. The van der Waals surface area contributed by atoms with Gasteiger partial charge >= 0.3 is 0 Å². The van der Waals surface area contributed by atoms with E-state index in [1.54, 1.807) is 31.5 Å². The summed E-state index contributed by atoms with van der Waals surface area (Å²) in [5.41, 5.74) is 7.79. The summed E-state index contributed by atoms with van der Waals surface area (Å²) in [5.74, 6) is 0. The second kappa shape index (κ2) is 6.02. The Balaban J connectivity index is 2.06. The lowest BCUT2D eigenvalue weighted by Crippen LogP contribution is -2.26. The van der Waals surface area contributed by atoms with Gasteiger partial charge in [-0.1, -0.05) is 6.07 Å². The molecule has 106 valence electrons. The van der Waals surface area contributed by atoms with Crippen LogP contribution in [0, 0.1) is 6.92 Å². The van der Waals surface area contributed by atoms with E-state index in [-0.39, 0.29) is 4.90 Å². The molecule has 0 aliphatic rings. The number of pyridine rings is 1. The van der Waals surface area contributed by atoms with Gasteiger partial charge in [-0.3, -0.25) is 4.98 Å². The lowest BCUT2D eigenvalue weighted by Gasteiger charge is -2.10. The summed E-state index contributed by atoms with van der Waals surface area (Å²) >= 11 is 0. The van der Waals surface area contributed by atoms with Crippen molar-refractivity contribution < 1.29 is 8.42 Å². The minimum Gasteiger partial charge on any atom is -0.399 e. The molecule has 0 saturated carbocycles. The number of rotatable bonds is 5. The van der Waals surface area contributed by atoms with E-state index in [9.17, 15) is 8.42 Å². The van der Waals surface area contributed by atoms with Gasteiger partial charge in [-0.2, -0.15) is 0 Å². The summed E-state index contributed by atoms with van der Waals surface area (Å²) in [7, 11) is -3.53. The molecule has 0 atom stereocenters. The maximum absolute atomic E-state index is 12.2. The predicted molar refractivity (Wildman–Crippen MR) is 78.7 cm³/mol. The molecule has 0 saturated heterocycles. The molecular weight excluding hydrogens is 274 g/mol. The topological polar surface area (TPSA) is 85.1 Å². The van der Waals surface area contributed by atoms with Gasteiger partial charge in [-0.05, 0) is 48.7 Å².